The maximum absolute atomic E-state index is 5.63. The maximum Gasteiger partial charge on any atom is 0.127 e. The van der Waals surface area contributed by atoms with Gasteiger partial charge in [-0.05, 0) is 104 Å². The molecule has 3 aliphatic rings. The van der Waals surface area contributed by atoms with Crippen molar-refractivity contribution < 1.29 is 0 Å². The summed E-state index contributed by atoms with van der Waals surface area (Å²) in [5, 5.41) is 5.80. The highest BCUT2D eigenvalue weighted by Crippen LogP contribution is 2.66. The highest BCUT2D eigenvalue weighted by Gasteiger charge is 2.62. The van der Waals surface area contributed by atoms with Crippen LogP contribution in [0.3, 0.4) is 0 Å². The molecule has 4 aromatic carbocycles. The molecule has 278 valence electrons. The van der Waals surface area contributed by atoms with Crippen LogP contribution in [0, 0.1) is 0 Å². The van der Waals surface area contributed by atoms with E-state index in [-0.39, 0.29) is 0 Å². The summed E-state index contributed by atoms with van der Waals surface area (Å²) >= 11 is 33.1. The summed E-state index contributed by atoms with van der Waals surface area (Å²) in [4.78, 5) is 13.0. The number of aliphatic imine (C=N–C) groups is 1. The number of benzene rings is 4. The van der Waals surface area contributed by atoms with E-state index in [0.717, 1.165) is 95.1 Å². The molecule has 1 saturated heterocycles. The molecule has 8 bridgehead atoms. The summed E-state index contributed by atoms with van der Waals surface area (Å²) < 4.78 is 1.73. The predicted molar refractivity (Wildman–Crippen MR) is 259 cm³/mol. The first kappa shape index (κ1) is 39.2. The first-order chi connectivity index (χ1) is 27.0. The van der Waals surface area contributed by atoms with Crippen molar-refractivity contribution in [2.45, 2.75) is 13.0 Å². The third kappa shape index (κ3) is 6.01. The first-order valence-electron chi connectivity index (χ1n) is 17.3. The minimum Gasteiger partial charge on any atom is -0.359 e. The van der Waals surface area contributed by atoms with Crippen molar-refractivity contribution in [2.75, 3.05) is 0 Å². The van der Waals surface area contributed by atoms with Crippen molar-refractivity contribution in [3.05, 3.63) is 205 Å². The molecule has 3 unspecified atom stereocenters. The number of aromatic nitrogens is 2. The van der Waals surface area contributed by atoms with Gasteiger partial charge in [0.15, 0.2) is 0 Å². The van der Waals surface area contributed by atoms with Crippen LogP contribution in [-0.2, 0) is 13.0 Å². The van der Waals surface area contributed by atoms with Gasteiger partial charge in [0.25, 0.3) is 0 Å². The third-order valence-corrected chi connectivity index (χ3v) is 20.9. The van der Waals surface area contributed by atoms with Crippen molar-refractivity contribution in [1.29, 1.82) is 0 Å². The van der Waals surface area contributed by atoms with E-state index in [9.17, 15) is 0 Å². The number of nitrogens with zero attached hydrogens (tertiary/aromatic N) is 1. The van der Waals surface area contributed by atoms with Gasteiger partial charge in [0, 0.05) is 21.4 Å². The Morgan fingerprint density at radius 1 is 0.482 bits per heavy atom. The fourth-order valence-electron chi connectivity index (χ4n) is 7.66. The van der Waals surface area contributed by atoms with Gasteiger partial charge < -0.3 is 15.3 Å². The zero-order chi connectivity index (χ0) is 39.0. The van der Waals surface area contributed by atoms with Crippen LogP contribution < -0.4 is 16.0 Å². The standard InChI is InChI=1S/C44H26Br8N4/c45-35-28-21-29-36(46)38(48)31(54-29)23-33-43(51,26-17-9-3-10-18-26)44(52,27-19-11-4-12-20-27)41(56-33)34(24-13-5-1-6-14-24)40-42(50,25-15-7-2-8-16-25)39(49)32(55-40)22-30(53-28)37(35)47/h1-23,53-54,56H/b28-21-,30-22-,33-23-,41-34-. The fourth-order valence-corrected chi connectivity index (χ4v) is 12.7. The van der Waals surface area contributed by atoms with E-state index in [4.69, 9.17) is 4.99 Å². The van der Waals surface area contributed by atoms with Gasteiger partial charge in [0.05, 0.1) is 51.4 Å². The molecule has 0 spiro atoms. The second-order valence-corrected chi connectivity index (χ2v) is 21.0. The quantitative estimate of drug-likeness (QED) is 0.151. The molecule has 6 aromatic rings. The van der Waals surface area contributed by atoms with Crippen molar-refractivity contribution in [1.82, 2.24) is 15.3 Å². The van der Waals surface area contributed by atoms with Crippen molar-refractivity contribution >= 4 is 157 Å². The molecule has 56 heavy (non-hydrogen) atoms. The van der Waals surface area contributed by atoms with Crippen LogP contribution in [0.2, 0.25) is 0 Å². The minimum absolute atomic E-state index is 0.760. The molecule has 1 fully saturated rings. The lowest BCUT2D eigenvalue weighted by atomic mass is 9.77. The Morgan fingerprint density at radius 3 is 1.54 bits per heavy atom. The molecule has 12 heteroatoms. The first-order valence-corrected chi connectivity index (χ1v) is 23.7. The summed E-state index contributed by atoms with van der Waals surface area (Å²) in [5.74, 6) is 0. The van der Waals surface area contributed by atoms with E-state index in [1.165, 1.54) is 0 Å². The summed E-state index contributed by atoms with van der Waals surface area (Å²) in [6, 6.07) is 42.1. The Kier molecular flexibility index (Phi) is 10.5. The molecule has 4 nitrogen and oxygen atoms in total. The van der Waals surface area contributed by atoms with Gasteiger partial charge in [0.1, 0.15) is 13.0 Å². The van der Waals surface area contributed by atoms with E-state index in [1.807, 2.05) is 18.2 Å². The number of hydrogen-bond acceptors (Lipinski definition) is 2. The van der Waals surface area contributed by atoms with E-state index >= 15 is 0 Å². The number of hydrogen-bond donors (Lipinski definition) is 3. The highest BCUT2D eigenvalue weighted by atomic mass is 79.9. The summed E-state index contributed by atoms with van der Waals surface area (Å²) in [6.07, 6.45) is 6.34. The predicted octanol–water partition coefficient (Wildman–Crippen LogP) is 13.3. The highest BCUT2D eigenvalue weighted by molar-refractivity contribution is 9.14. The average molecular weight is 1250 g/mol. The molecule has 0 saturated carbocycles. The Morgan fingerprint density at radius 2 is 0.964 bits per heavy atom. The van der Waals surface area contributed by atoms with Crippen LogP contribution in [0.15, 0.2) is 166 Å². The molecule has 9 rings (SSSR count). The Bertz CT molecular complexity index is 2810. The molecular formula is C44H26Br8N4. The van der Waals surface area contributed by atoms with Crippen LogP contribution in [-0.4, -0.2) is 15.7 Å². The number of fused-ring (bicyclic) bond motifs is 7. The van der Waals surface area contributed by atoms with Crippen molar-refractivity contribution in [2.24, 2.45) is 4.99 Å². The Balaban J connectivity index is 1.51. The smallest absolute Gasteiger partial charge is 0.127 e. The zero-order valence-corrected chi connectivity index (χ0v) is 41.4. The lowest BCUT2D eigenvalue weighted by molar-refractivity contribution is 0.651. The number of aromatic amines is 2. The molecule has 3 N–H and O–H groups in total. The fraction of sp³-hybridized carbons (Fsp3) is 0.0682. The number of halogens is 8. The van der Waals surface area contributed by atoms with Gasteiger partial charge in [-0.1, -0.05) is 185 Å². The number of rotatable bonds is 4. The molecular weight excluding hydrogens is 1220 g/mol. The van der Waals surface area contributed by atoms with E-state index in [1.54, 1.807) is 0 Å². The van der Waals surface area contributed by atoms with E-state index in [0.29, 0.717) is 0 Å². The monoisotopic (exact) mass is 1240 g/mol. The topological polar surface area (TPSA) is 56.0 Å². The average Bonchev–Trinajstić information content (AvgIpc) is 3.83. The van der Waals surface area contributed by atoms with Gasteiger partial charge in [-0.2, -0.15) is 0 Å². The summed E-state index contributed by atoms with van der Waals surface area (Å²) in [6.45, 7) is 0. The zero-order valence-electron chi connectivity index (χ0n) is 28.7. The van der Waals surface area contributed by atoms with Crippen LogP contribution in [0.4, 0.5) is 0 Å². The number of nitrogens with one attached hydrogen (secondary N) is 3. The summed E-state index contributed by atoms with van der Waals surface area (Å²) in [7, 11) is 0. The lowest BCUT2D eigenvalue weighted by Crippen LogP contribution is -2.39. The van der Waals surface area contributed by atoms with E-state index in [2.05, 4.69) is 264 Å². The van der Waals surface area contributed by atoms with Crippen LogP contribution in [0.5, 0.6) is 0 Å². The maximum atomic E-state index is 5.63. The van der Waals surface area contributed by atoms with Crippen molar-refractivity contribution in [3.8, 4) is 0 Å². The minimum atomic E-state index is -0.924. The van der Waals surface area contributed by atoms with Gasteiger partial charge in [-0.3, -0.25) is 0 Å². The molecule has 3 atom stereocenters. The number of H-pyrrole nitrogens is 2. The number of alkyl halides is 3. The van der Waals surface area contributed by atoms with E-state index < -0.39 is 13.0 Å². The summed E-state index contributed by atoms with van der Waals surface area (Å²) in [5.41, 5.74) is 10.2. The molecule has 3 aliphatic heterocycles. The molecule has 5 heterocycles. The van der Waals surface area contributed by atoms with Gasteiger partial charge >= 0.3 is 0 Å². The number of allylic oxidation sites excluding steroid dienone is 5. The van der Waals surface area contributed by atoms with Crippen LogP contribution in [0.25, 0.3) is 23.8 Å². The SMILES string of the molecule is BrC1=C2/C=c3\[nH]/c(c(Br)c3Br)=C\c3[nH]c(c(Br)c3Br)/C=C3\N/C(=C(/c4ccccc4)C(=N2)C1(Br)c1ccccc1)C(Br)(c1ccccc1)C3(Br)c1ccccc1. The second-order valence-electron chi connectivity index (χ2n) is 13.5. The van der Waals surface area contributed by atoms with Gasteiger partial charge in [-0.15, -0.1) is 0 Å². The van der Waals surface area contributed by atoms with Crippen molar-refractivity contribution in [3.63, 3.8) is 0 Å². The van der Waals surface area contributed by atoms with Gasteiger partial charge in [0.2, 0.25) is 0 Å². The molecule has 0 aliphatic carbocycles. The molecule has 2 aromatic heterocycles. The Labute approximate surface area is 390 Å². The Hall–Kier alpha value is -2.29. The molecule has 0 radical (unpaired) electrons. The largest absolute Gasteiger partial charge is 0.359 e. The van der Waals surface area contributed by atoms with Crippen LogP contribution in [0.1, 0.15) is 33.6 Å². The lowest BCUT2D eigenvalue weighted by Gasteiger charge is -2.39. The normalized spacial score (nSPS) is 26.4. The second kappa shape index (κ2) is 15.1. The molecule has 0 amide bonds. The van der Waals surface area contributed by atoms with Crippen LogP contribution >= 0.6 is 127 Å². The van der Waals surface area contributed by atoms with Gasteiger partial charge in [-0.25, -0.2) is 4.99 Å². The third-order valence-electron chi connectivity index (χ3n) is 10.3.